The van der Waals surface area contributed by atoms with Crippen LogP contribution in [0.15, 0.2) is 47.4 Å². The third-order valence-electron chi connectivity index (χ3n) is 4.38. The zero-order valence-corrected chi connectivity index (χ0v) is 19.1. The van der Waals surface area contributed by atoms with Gasteiger partial charge in [0.2, 0.25) is 10.0 Å². The first-order valence-corrected chi connectivity index (χ1v) is 11.3. The third kappa shape index (κ3) is 6.25. The minimum atomic E-state index is -3.79. The second-order valence-corrected chi connectivity index (χ2v) is 9.65. The zero-order valence-electron chi connectivity index (χ0n) is 18.3. The van der Waals surface area contributed by atoms with Gasteiger partial charge in [0.1, 0.15) is 0 Å². The summed E-state index contributed by atoms with van der Waals surface area (Å²) in [5.41, 5.74) is 0.0931. The summed E-state index contributed by atoms with van der Waals surface area (Å²) < 4.78 is 27.7. The Morgan fingerprint density at radius 3 is 2.29 bits per heavy atom. The van der Waals surface area contributed by atoms with Crippen LogP contribution in [0, 0.1) is 10.1 Å². The van der Waals surface area contributed by atoms with Crippen molar-refractivity contribution < 1.29 is 18.1 Å². The Hall–Kier alpha value is -2.98. The van der Waals surface area contributed by atoms with E-state index >= 15 is 0 Å². The van der Waals surface area contributed by atoms with Gasteiger partial charge in [0, 0.05) is 36.4 Å². The van der Waals surface area contributed by atoms with Gasteiger partial charge < -0.3 is 10.2 Å². The predicted octanol–water partition coefficient (Wildman–Crippen LogP) is 3.77. The van der Waals surface area contributed by atoms with Gasteiger partial charge in [-0.25, -0.2) is 13.1 Å². The molecular formula is C21H28N4O5S. The van der Waals surface area contributed by atoms with Gasteiger partial charge in [0.05, 0.1) is 21.1 Å². The van der Waals surface area contributed by atoms with E-state index in [0.29, 0.717) is 18.8 Å². The van der Waals surface area contributed by atoms with Crippen LogP contribution in [0.3, 0.4) is 0 Å². The number of non-ortho nitro benzene ring substituents is 1. The van der Waals surface area contributed by atoms with E-state index in [2.05, 4.69) is 10.0 Å². The van der Waals surface area contributed by atoms with Gasteiger partial charge >= 0.3 is 0 Å². The average molecular weight is 449 g/mol. The van der Waals surface area contributed by atoms with Gasteiger partial charge in [0.25, 0.3) is 11.6 Å². The number of sulfonamides is 1. The predicted molar refractivity (Wildman–Crippen MR) is 121 cm³/mol. The van der Waals surface area contributed by atoms with E-state index in [9.17, 15) is 23.3 Å². The topological polar surface area (TPSA) is 122 Å². The molecule has 0 spiro atoms. The molecule has 168 valence electrons. The summed E-state index contributed by atoms with van der Waals surface area (Å²) in [7, 11) is -3.79. The lowest BCUT2D eigenvalue weighted by Gasteiger charge is -2.23. The number of hydrogen-bond acceptors (Lipinski definition) is 6. The molecule has 0 aliphatic rings. The molecule has 0 aliphatic carbocycles. The molecule has 0 atom stereocenters. The monoisotopic (exact) mass is 448 g/mol. The second kappa shape index (κ2) is 9.44. The maximum absolute atomic E-state index is 13.0. The minimum Gasteiger partial charge on any atom is -0.371 e. The molecule has 0 bridgehead atoms. The van der Waals surface area contributed by atoms with Crippen LogP contribution >= 0.6 is 0 Å². The summed E-state index contributed by atoms with van der Waals surface area (Å²) in [5, 5.41) is 13.9. The Morgan fingerprint density at radius 2 is 1.74 bits per heavy atom. The molecule has 0 radical (unpaired) electrons. The summed E-state index contributed by atoms with van der Waals surface area (Å²) in [6.07, 6.45) is 0. The molecule has 2 aromatic carbocycles. The normalized spacial score (nSPS) is 11.8. The van der Waals surface area contributed by atoms with Crippen molar-refractivity contribution in [3.05, 3.63) is 58.1 Å². The fourth-order valence-electron chi connectivity index (χ4n) is 3.06. The largest absolute Gasteiger partial charge is 0.371 e. The Kier molecular flexibility index (Phi) is 7.40. The quantitative estimate of drug-likeness (QED) is 0.468. The van der Waals surface area contributed by atoms with E-state index in [0.717, 1.165) is 0 Å². The molecule has 1 amide bonds. The lowest BCUT2D eigenvalue weighted by Crippen LogP contribution is -2.40. The van der Waals surface area contributed by atoms with Crippen molar-refractivity contribution in [1.29, 1.82) is 0 Å². The molecule has 0 saturated carbocycles. The molecule has 2 rings (SSSR count). The zero-order chi connectivity index (χ0) is 23.4. The summed E-state index contributed by atoms with van der Waals surface area (Å²) in [5.74, 6) is -0.566. The Morgan fingerprint density at radius 1 is 1.10 bits per heavy atom. The van der Waals surface area contributed by atoms with Crippen LogP contribution in [0.25, 0.3) is 0 Å². The molecular weight excluding hydrogens is 420 g/mol. The number of anilines is 2. The van der Waals surface area contributed by atoms with Crippen LogP contribution in [0.4, 0.5) is 17.1 Å². The second-order valence-electron chi connectivity index (χ2n) is 7.97. The molecule has 9 nitrogen and oxygen atoms in total. The molecule has 0 fully saturated rings. The number of nitro groups is 1. The van der Waals surface area contributed by atoms with E-state index in [1.807, 2.05) is 18.7 Å². The summed E-state index contributed by atoms with van der Waals surface area (Å²) in [6.45, 7) is 10.3. The highest BCUT2D eigenvalue weighted by Crippen LogP contribution is 2.27. The van der Waals surface area contributed by atoms with Crippen molar-refractivity contribution in [2.75, 3.05) is 23.3 Å². The molecule has 2 N–H and O–H groups in total. The van der Waals surface area contributed by atoms with E-state index in [4.69, 9.17) is 0 Å². The standard InChI is InChI=1S/C21H28N4O5S/c1-6-24(7-2)19-12-11-16(25(27)28)14-18(19)20(26)22-15-9-8-10-17(13-15)31(29,30)23-21(3,4)5/h8-14,23H,6-7H2,1-5H3,(H,22,26). The highest BCUT2D eigenvalue weighted by molar-refractivity contribution is 7.89. The Bertz CT molecular complexity index is 1070. The van der Waals surface area contributed by atoms with Crippen LogP contribution in [-0.2, 0) is 10.0 Å². The van der Waals surface area contributed by atoms with E-state index < -0.39 is 26.4 Å². The number of nitrogens with one attached hydrogen (secondary N) is 2. The van der Waals surface area contributed by atoms with Crippen molar-refractivity contribution in [2.24, 2.45) is 0 Å². The van der Waals surface area contributed by atoms with Gasteiger partial charge in [-0.2, -0.15) is 0 Å². The van der Waals surface area contributed by atoms with Gasteiger partial charge in [-0.15, -0.1) is 0 Å². The number of nitro benzene ring substituents is 1. The van der Waals surface area contributed by atoms with Crippen molar-refractivity contribution in [1.82, 2.24) is 4.72 Å². The number of carbonyl (C=O) groups excluding carboxylic acids is 1. The molecule has 0 saturated heterocycles. The maximum atomic E-state index is 13.0. The van der Waals surface area contributed by atoms with Crippen LogP contribution in [0.1, 0.15) is 45.0 Å². The molecule has 31 heavy (non-hydrogen) atoms. The van der Waals surface area contributed by atoms with E-state index in [1.54, 1.807) is 32.9 Å². The number of nitrogens with zero attached hydrogens (tertiary/aromatic N) is 2. The smallest absolute Gasteiger partial charge is 0.270 e. The lowest BCUT2D eigenvalue weighted by molar-refractivity contribution is -0.384. The molecule has 10 heteroatoms. The first-order chi connectivity index (χ1) is 14.4. The third-order valence-corrected chi connectivity index (χ3v) is 6.14. The first-order valence-electron chi connectivity index (χ1n) is 9.86. The van der Waals surface area contributed by atoms with Crippen molar-refractivity contribution >= 4 is 33.0 Å². The van der Waals surface area contributed by atoms with Crippen LogP contribution < -0.4 is 14.9 Å². The molecule has 0 heterocycles. The highest BCUT2D eigenvalue weighted by atomic mass is 32.2. The summed E-state index contributed by atoms with van der Waals surface area (Å²) in [4.78, 5) is 25.6. The Labute approximate surface area is 182 Å². The highest BCUT2D eigenvalue weighted by Gasteiger charge is 2.23. The van der Waals surface area contributed by atoms with Gasteiger partial charge in [-0.3, -0.25) is 14.9 Å². The van der Waals surface area contributed by atoms with Gasteiger partial charge in [0.15, 0.2) is 0 Å². The van der Waals surface area contributed by atoms with Crippen molar-refractivity contribution in [3.8, 4) is 0 Å². The van der Waals surface area contributed by atoms with Crippen LogP contribution in [0.5, 0.6) is 0 Å². The Balaban J connectivity index is 2.41. The molecule has 2 aromatic rings. The van der Waals surface area contributed by atoms with Gasteiger partial charge in [-0.05, 0) is 58.9 Å². The molecule has 0 unspecified atom stereocenters. The SMILES string of the molecule is CCN(CC)c1ccc([N+](=O)[O-])cc1C(=O)Nc1cccc(S(=O)(=O)NC(C)(C)C)c1. The van der Waals surface area contributed by atoms with Crippen LogP contribution in [0.2, 0.25) is 0 Å². The first kappa shape index (κ1) is 24.3. The van der Waals surface area contributed by atoms with E-state index in [-0.39, 0.29) is 21.8 Å². The average Bonchev–Trinajstić information content (AvgIpc) is 2.67. The number of rotatable bonds is 8. The van der Waals surface area contributed by atoms with Gasteiger partial charge in [-0.1, -0.05) is 6.07 Å². The van der Waals surface area contributed by atoms with Crippen molar-refractivity contribution in [3.63, 3.8) is 0 Å². The summed E-state index contributed by atoms with van der Waals surface area (Å²) >= 11 is 0. The fourth-order valence-corrected chi connectivity index (χ4v) is 4.52. The number of amides is 1. The lowest BCUT2D eigenvalue weighted by atomic mass is 10.1. The van der Waals surface area contributed by atoms with Crippen LogP contribution in [-0.4, -0.2) is 37.9 Å². The fraction of sp³-hybridized carbons (Fsp3) is 0.381. The van der Waals surface area contributed by atoms with Crippen molar-refractivity contribution in [2.45, 2.75) is 45.1 Å². The van der Waals surface area contributed by atoms with E-state index in [1.165, 1.54) is 30.3 Å². The molecule has 0 aliphatic heterocycles. The molecule has 0 aromatic heterocycles. The summed E-state index contributed by atoms with van der Waals surface area (Å²) in [6, 6.07) is 9.99. The number of benzene rings is 2. The maximum Gasteiger partial charge on any atom is 0.270 e. The number of hydrogen-bond donors (Lipinski definition) is 2. The minimum absolute atomic E-state index is 0.00299. The number of carbonyl (C=O) groups is 1.